The first-order valence-corrected chi connectivity index (χ1v) is 9.11. The zero-order valence-electron chi connectivity index (χ0n) is 16.8. The highest BCUT2D eigenvalue weighted by Crippen LogP contribution is 2.25. The first-order valence-electron chi connectivity index (χ1n) is 9.11. The number of amides is 2. The molecule has 3 aromatic rings. The van der Waals surface area contributed by atoms with Crippen molar-refractivity contribution in [3.05, 3.63) is 69.4 Å². The van der Waals surface area contributed by atoms with Gasteiger partial charge in [-0.15, -0.1) is 0 Å². The van der Waals surface area contributed by atoms with E-state index in [1.165, 1.54) is 30.3 Å². The van der Waals surface area contributed by atoms with E-state index in [0.717, 1.165) is 16.0 Å². The normalized spacial score (nSPS) is 10.8. The van der Waals surface area contributed by atoms with Gasteiger partial charge >= 0.3 is 0 Å². The van der Waals surface area contributed by atoms with Gasteiger partial charge < -0.3 is 19.9 Å². The van der Waals surface area contributed by atoms with Gasteiger partial charge in [0.15, 0.2) is 5.75 Å². The molecule has 0 spiro atoms. The van der Waals surface area contributed by atoms with E-state index in [1.807, 2.05) is 0 Å². The third kappa shape index (κ3) is 4.29. The van der Waals surface area contributed by atoms with Gasteiger partial charge in [-0.25, -0.2) is 4.39 Å². The van der Waals surface area contributed by atoms with Crippen molar-refractivity contribution in [2.24, 2.45) is 0 Å². The first kappa shape index (κ1) is 21.0. The molecule has 8 nitrogen and oxygen atoms in total. The maximum Gasteiger partial charge on any atom is 0.265 e. The Morgan fingerprint density at radius 3 is 2.43 bits per heavy atom. The summed E-state index contributed by atoms with van der Waals surface area (Å²) in [7, 11) is 4.47. The number of nitrogens with zero attached hydrogens (tertiary/aromatic N) is 3. The predicted molar refractivity (Wildman–Crippen MR) is 109 cm³/mol. The van der Waals surface area contributed by atoms with Crippen molar-refractivity contribution >= 4 is 22.8 Å². The lowest BCUT2D eigenvalue weighted by Crippen LogP contribution is -2.39. The fourth-order valence-corrected chi connectivity index (χ4v) is 2.94. The molecule has 0 fully saturated rings. The number of H-pyrrole nitrogens is 1. The summed E-state index contributed by atoms with van der Waals surface area (Å²) in [5.74, 6) is -2.00. The smallest absolute Gasteiger partial charge is 0.265 e. The zero-order chi connectivity index (χ0) is 22.0. The van der Waals surface area contributed by atoms with E-state index in [1.54, 1.807) is 32.3 Å². The summed E-state index contributed by atoms with van der Waals surface area (Å²) >= 11 is 0. The molecule has 156 valence electrons. The highest BCUT2D eigenvalue weighted by atomic mass is 19.1. The number of aromatic amines is 1. The van der Waals surface area contributed by atoms with Crippen molar-refractivity contribution in [3.8, 4) is 5.75 Å². The van der Waals surface area contributed by atoms with Crippen LogP contribution in [0.15, 0.2) is 41.3 Å². The van der Waals surface area contributed by atoms with Crippen molar-refractivity contribution in [2.75, 3.05) is 27.7 Å². The van der Waals surface area contributed by atoms with E-state index in [0.29, 0.717) is 6.42 Å². The molecule has 0 aliphatic heterocycles. The second-order valence-corrected chi connectivity index (χ2v) is 7.17. The van der Waals surface area contributed by atoms with Crippen LogP contribution < -0.4 is 5.56 Å². The molecule has 0 aliphatic carbocycles. The fraction of sp³-hybridized carbons (Fsp3) is 0.238. The Kier molecular flexibility index (Phi) is 5.81. The van der Waals surface area contributed by atoms with Crippen LogP contribution in [0, 0.1) is 5.82 Å². The summed E-state index contributed by atoms with van der Waals surface area (Å²) < 4.78 is 13.1. The summed E-state index contributed by atoms with van der Waals surface area (Å²) in [6.45, 7) is -0.243. The summed E-state index contributed by atoms with van der Waals surface area (Å²) in [5, 5.41) is 10.5. The fourth-order valence-electron chi connectivity index (χ4n) is 2.94. The predicted octanol–water partition coefficient (Wildman–Crippen LogP) is 1.52. The number of aromatic nitrogens is 2. The van der Waals surface area contributed by atoms with Crippen molar-refractivity contribution in [1.82, 2.24) is 19.8 Å². The number of aromatic hydroxyl groups is 1. The van der Waals surface area contributed by atoms with Crippen LogP contribution in [0.2, 0.25) is 0 Å². The number of hydrogen-bond acceptors (Lipinski definition) is 5. The molecule has 1 aromatic carbocycles. The Bertz CT molecular complexity index is 1170. The monoisotopic (exact) mass is 412 g/mol. The third-order valence-electron chi connectivity index (χ3n) is 4.63. The van der Waals surface area contributed by atoms with Crippen LogP contribution in [-0.2, 0) is 11.2 Å². The molecule has 2 heterocycles. The maximum atomic E-state index is 13.1. The molecule has 9 heteroatoms. The quantitative estimate of drug-likeness (QED) is 0.661. The average Bonchev–Trinajstić information content (AvgIpc) is 2.69. The number of rotatable bonds is 5. The molecule has 2 N–H and O–H groups in total. The number of nitrogens with one attached hydrogen (secondary N) is 1. The van der Waals surface area contributed by atoms with Gasteiger partial charge in [-0.3, -0.25) is 19.4 Å². The van der Waals surface area contributed by atoms with Gasteiger partial charge in [0, 0.05) is 27.3 Å². The van der Waals surface area contributed by atoms with Crippen molar-refractivity contribution in [3.63, 3.8) is 0 Å². The highest BCUT2D eigenvalue weighted by Gasteiger charge is 2.24. The SMILES string of the molecule is CN(C)C(=O)CN(C)C(=O)c1c(O)c2ncc(Cc3ccc(F)cc3)cc2[nH]c1=O. The Labute approximate surface area is 171 Å². The number of fused-ring (bicyclic) bond motifs is 1. The first-order chi connectivity index (χ1) is 14.2. The third-order valence-corrected chi connectivity index (χ3v) is 4.63. The molecule has 0 radical (unpaired) electrons. The molecule has 0 atom stereocenters. The second-order valence-electron chi connectivity index (χ2n) is 7.17. The van der Waals surface area contributed by atoms with Gasteiger partial charge in [0.1, 0.15) is 16.9 Å². The molecule has 0 saturated carbocycles. The van der Waals surface area contributed by atoms with E-state index in [-0.39, 0.29) is 29.3 Å². The van der Waals surface area contributed by atoms with Gasteiger partial charge in [0.25, 0.3) is 11.5 Å². The largest absolute Gasteiger partial charge is 0.505 e. The summed E-state index contributed by atoms with van der Waals surface area (Å²) in [6, 6.07) is 7.64. The van der Waals surface area contributed by atoms with Crippen LogP contribution in [-0.4, -0.2) is 64.4 Å². The van der Waals surface area contributed by atoms with E-state index in [2.05, 4.69) is 9.97 Å². The van der Waals surface area contributed by atoms with Crippen LogP contribution in [0.25, 0.3) is 11.0 Å². The van der Waals surface area contributed by atoms with Crippen LogP contribution in [0.5, 0.6) is 5.75 Å². The van der Waals surface area contributed by atoms with Crippen LogP contribution in [0.4, 0.5) is 4.39 Å². The minimum Gasteiger partial charge on any atom is -0.505 e. The number of carbonyl (C=O) groups is 2. The molecular weight excluding hydrogens is 391 g/mol. The molecule has 30 heavy (non-hydrogen) atoms. The van der Waals surface area contributed by atoms with E-state index >= 15 is 0 Å². The Morgan fingerprint density at radius 1 is 1.13 bits per heavy atom. The van der Waals surface area contributed by atoms with Crippen LogP contribution >= 0.6 is 0 Å². The molecule has 0 bridgehead atoms. The number of pyridine rings is 2. The van der Waals surface area contributed by atoms with E-state index in [9.17, 15) is 23.9 Å². The lowest BCUT2D eigenvalue weighted by Gasteiger charge is -2.19. The Hall–Kier alpha value is -3.75. The lowest BCUT2D eigenvalue weighted by molar-refractivity contribution is -0.129. The van der Waals surface area contributed by atoms with Gasteiger partial charge in [-0.2, -0.15) is 0 Å². The summed E-state index contributed by atoms with van der Waals surface area (Å²) in [6.07, 6.45) is 1.96. The number of likely N-dealkylation sites (N-methyl/N-ethyl adjacent to an activating group) is 2. The van der Waals surface area contributed by atoms with E-state index in [4.69, 9.17) is 0 Å². The van der Waals surface area contributed by atoms with Crippen LogP contribution in [0.3, 0.4) is 0 Å². The molecule has 2 aromatic heterocycles. The Balaban J connectivity index is 1.93. The highest BCUT2D eigenvalue weighted by molar-refractivity contribution is 6.02. The van der Waals surface area contributed by atoms with Gasteiger partial charge in [0.2, 0.25) is 5.91 Å². The van der Waals surface area contributed by atoms with Crippen LogP contribution in [0.1, 0.15) is 21.5 Å². The molecule has 0 aliphatic rings. The standard InChI is InChI=1S/C21H21FN4O4/c1-25(2)16(27)11-26(3)21(30)17-19(28)18-15(24-20(17)29)9-13(10-23-18)8-12-4-6-14(22)7-5-12/h4-7,9-10H,8,11H2,1-3H3,(H2,24,28,29). The number of carbonyl (C=O) groups excluding carboxylic acids is 2. The number of hydrogen-bond donors (Lipinski definition) is 2. The Morgan fingerprint density at radius 2 is 1.80 bits per heavy atom. The molecule has 3 rings (SSSR count). The summed E-state index contributed by atoms with van der Waals surface area (Å²) in [4.78, 5) is 46.1. The minimum absolute atomic E-state index is 0.0631. The summed E-state index contributed by atoms with van der Waals surface area (Å²) in [5.41, 5.74) is 0.652. The second kappa shape index (κ2) is 8.32. The number of benzene rings is 1. The maximum absolute atomic E-state index is 13.1. The average molecular weight is 412 g/mol. The zero-order valence-corrected chi connectivity index (χ0v) is 16.8. The molecule has 0 unspecified atom stereocenters. The van der Waals surface area contributed by atoms with Crippen molar-refractivity contribution in [1.29, 1.82) is 0 Å². The number of halogens is 1. The minimum atomic E-state index is -0.789. The van der Waals surface area contributed by atoms with Gasteiger partial charge in [-0.1, -0.05) is 12.1 Å². The topological polar surface area (TPSA) is 107 Å². The van der Waals surface area contributed by atoms with Gasteiger partial charge in [-0.05, 0) is 35.7 Å². The molecule has 2 amide bonds. The van der Waals surface area contributed by atoms with E-state index < -0.39 is 22.8 Å². The van der Waals surface area contributed by atoms with Gasteiger partial charge in [0.05, 0.1) is 12.1 Å². The van der Waals surface area contributed by atoms with Crippen molar-refractivity contribution < 1.29 is 19.1 Å². The molecule has 0 saturated heterocycles. The molecular formula is C21H21FN4O4. The lowest BCUT2D eigenvalue weighted by atomic mass is 10.1. The van der Waals surface area contributed by atoms with Crippen molar-refractivity contribution in [2.45, 2.75) is 6.42 Å².